The van der Waals surface area contributed by atoms with Gasteiger partial charge in [-0.3, -0.25) is 4.98 Å². The third-order valence-corrected chi connectivity index (χ3v) is 1.98. The van der Waals surface area contributed by atoms with Gasteiger partial charge in [-0.2, -0.15) is 0 Å². The van der Waals surface area contributed by atoms with E-state index in [1.165, 1.54) is 0 Å². The molecule has 1 aromatic heterocycles. The highest BCUT2D eigenvalue weighted by Gasteiger charge is 2.05. The molecule has 72 valence electrons. The fourth-order valence-electron chi connectivity index (χ4n) is 1.01. The summed E-state index contributed by atoms with van der Waals surface area (Å²) in [7, 11) is 1.66. The van der Waals surface area contributed by atoms with Crippen molar-refractivity contribution in [1.82, 2.24) is 4.98 Å². The van der Waals surface area contributed by atoms with E-state index in [1.54, 1.807) is 19.5 Å². The zero-order valence-electron chi connectivity index (χ0n) is 7.53. The lowest BCUT2D eigenvalue weighted by Crippen LogP contribution is -2.26. The number of rotatable bonds is 5. The van der Waals surface area contributed by atoms with Gasteiger partial charge in [-0.1, -0.05) is 0 Å². The Bertz CT molecular complexity index is 230. The van der Waals surface area contributed by atoms with E-state index < -0.39 is 0 Å². The Morgan fingerprint density at radius 1 is 1.54 bits per heavy atom. The summed E-state index contributed by atoms with van der Waals surface area (Å²) in [6.45, 7) is 0.603. The Labute approximate surface area is 83.1 Å². The van der Waals surface area contributed by atoms with E-state index in [9.17, 15) is 0 Å². The molecule has 1 aromatic rings. The van der Waals surface area contributed by atoms with E-state index in [0.29, 0.717) is 12.5 Å². The van der Waals surface area contributed by atoms with Crippen molar-refractivity contribution in [3.05, 3.63) is 24.5 Å². The molecule has 0 aliphatic rings. The normalized spacial score (nSPS) is 12.5. The first-order chi connectivity index (χ1) is 6.36. The van der Waals surface area contributed by atoms with Crippen LogP contribution in [0.4, 0.5) is 5.69 Å². The van der Waals surface area contributed by atoms with E-state index in [1.807, 2.05) is 12.1 Å². The van der Waals surface area contributed by atoms with Gasteiger partial charge in [-0.25, -0.2) is 0 Å². The molecule has 0 radical (unpaired) electrons. The first-order valence-corrected chi connectivity index (χ1v) is 4.61. The average Bonchev–Trinajstić information content (AvgIpc) is 2.19. The molecule has 13 heavy (non-hydrogen) atoms. The number of hydrogen-bond donors (Lipinski definition) is 1. The zero-order valence-corrected chi connectivity index (χ0v) is 8.29. The third-order valence-electron chi connectivity index (χ3n) is 1.61. The SMILES string of the molecule is COCC(CCl)Nc1ccncc1. The van der Waals surface area contributed by atoms with E-state index >= 15 is 0 Å². The maximum atomic E-state index is 5.74. The monoisotopic (exact) mass is 200 g/mol. The summed E-state index contributed by atoms with van der Waals surface area (Å²) < 4.78 is 5.00. The largest absolute Gasteiger partial charge is 0.383 e. The number of pyridine rings is 1. The van der Waals surface area contributed by atoms with E-state index in [4.69, 9.17) is 16.3 Å². The van der Waals surface area contributed by atoms with Crippen LogP contribution in [0, 0.1) is 0 Å². The smallest absolute Gasteiger partial charge is 0.0675 e. The van der Waals surface area contributed by atoms with Gasteiger partial charge in [0.1, 0.15) is 0 Å². The molecule has 1 atom stereocenters. The summed E-state index contributed by atoms with van der Waals surface area (Å²) in [6, 6.07) is 3.94. The quantitative estimate of drug-likeness (QED) is 0.736. The van der Waals surface area contributed by atoms with Crippen LogP contribution in [0.3, 0.4) is 0 Å². The van der Waals surface area contributed by atoms with Gasteiger partial charge in [0.25, 0.3) is 0 Å². The number of alkyl halides is 1. The van der Waals surface area contributed by atoms with Crippen LogP contribution in [-0.4, -0.2) is 30.6 Å². The van der Waals surface area contributed by atoms with Crippen molar-refractivity contribution in [3.8, 4) is 0 Å². The predicted octanol–water partition coefficient (Wildman–Crippen LogP) is 1.75. The molecule has 0 spiro atoms. The summed E-state index contributed by atoms with van der Waals surface area (Å²) in [4.78, 5) is 3.92. The first kappa shape index (κ1) is 10.3. The fraction of sp³-hybridized carbons (Fsp3) is 0.444. The van der Waals surface area contributed by atoms with Gasteiger partial charge in [0, 0.05) is 31.1 Å². The van der Waals surface area contributed by atoms with E-state index in [-0.39, 0.29) is 6.04 Å². The molecule has 0 bridgehead atoms. The minimum absolute atomic E-state index is 0.147. The van der Waals surface area contributed by atoms with Crippen molar-refractivity contribution in [2.45, 2.75) is 6.04 Å². The Balaban J connectivity index is 2.46. The Morgan fingerprint density at radius 2 is 2.23 bits per heavy atom. The fourth-order valence-corrected chi connectivity index (χ4v) is 1.18. The predicted molar refractivity (Wildman–Crippen MR) is 54.2 cm³/mol. The second-order valence-corrected chi connectivity index (χ2v) is 3.00. The summed E-state index contributed by atoms with van der Waals surface area (Å²) >= 11 is 5.74. The van der Waals surface area contributed by atoms with Gasteiger partial charge in [-0.15, -0.1) is 11.6 Å². The number of methoxy groups -OCH3 is 1. The molecular formula is C9H13ClN2O. The van der Waals surface area contributed by atoms with E-state index in [2.05, 4.69) is 10.3 Å². The van der Waals surface area contributed by atoms with Crippen LogP contribution in [0.2, 0.25) is 0 Å². The van der Waals surface area contributed by atoms with Crippen LogP contribution in [0.5, 0.6) is 0 Å². The number of hydrogen-bond acceptors (Lipinski definition) is 3. The number of halogens is 1. The van der Waals surface area contributed by atoms with Gasteiger partial charge < -0.3 is 10.1 Å². The standard InChI is InChI=1S/C9H13ClN2O/c1-13-7-9(6-10)12-8-2-4-11-5-3-8/h2-5,9H,6-7H2,1H3,(H,11,12). The molecule has 0 aliphatic heterocycles. The molecule has 0 saturated heterocycles. The molecule has 1 rings (SSSR count). The maximum absolute atomic E-state index is 5.74. The summed E-state index contributed by atoms with van der Waals surface area (Å²) in [5.74, 6) is 0.524. The first-order valence-electron chi connectivity index (χ1n) is 4.08. The molecule has 0 amide bonds. The van der Waals surface area contributed by atoms with Crippen molar-refractivity contribution < 1.29 is 4.74 Å². The summed E-state index contributed by atoms with van der Waals surface area (Å²) in [6.07, 6.45) is 3.47. The lowest BCUT2D eigenvalue weighted by Gasteiger charge is -2.15. The average molecular weight is 201 g/mol. The van der Waals surface area contributed by atoms with Crippen molar-refractivity contribution in [2.75, 3.05) is 24.9 Å². The number of nitrogens with one attached hydrogen (secondary N) is 1. The molecule has 0 aromatic carbocycles. The lowest BCUT2D eigenvalue weighted by molar-refractivity contribution is 0.191. The van der Waals surface area contributed by atoms with Crippen LogP contribution >= 0.6 is 11.6 Å². The molecule has 3 nitrogen and oxygen atoms in total. The van der Waals surface area contributed by atoms with Gasteiger partial charge >= 0.3 is 0 Å². The van der Waals surface area contributed by atoms with Gasteiger partial charge in [0.2, 0.25) is 0 Å². The lowest BCUT2D eigenvalue weighted by atomic mass is 10.3. The molecule has 1 heterocycles. The number of aromatic nitrogens is 1. The maximum Gasteiger partial charge on any atom is 0.0675 e. The van der Waals surface area contributed by atoms with Crippen molar-refractivity contribution in [1.29, 1.82) is 0 Å². The number of ether oxygens (including phenoxy) is 1. The molecular weight excluding hydrogens is 188 g/mol. The Kier molecular flexibility index (Phi) is 4.57. The topological polar surface area (TPSA) is 34.1 Å². The number of nitrogens with zero attached hydrogens (tertiary/aromatic N) is 1. The van der Waals surface area contributed by atoms with Gasteiger partial charge in [-0.05, 0) is 12.1 Å². The Morgan fingerprint density at radius 3 is 2.77 bits per heavy atom. The Hall–Kier alpha value is -0.800. The van der Waals surface area contributed by atoms with Gasteiger partial charge in [0.15, 0.2) is 0 Å². The van der Waals surface area contributed by atoms with Crippen LogP contribution in [0.25, 0.3) is 0 Å². The van der Waals surface area contributed by atoms with Crippen molar-refractivity contribution in [2.24, 2.45) is 0 Å². The van der Waals surface area contributed by atoms with Crippen molar-refractivity contribution in [3.63, 3.8) is 0 Å². The highest BCUT2D eigenvalue weighted by Crippen LogP contribution is 2.06. The molecule has 4 heteroatoms. The molecule has 0 aliphatic carbocycles. The molecule has 1 N–H and O–H groups in total. The van der Waals surface area contributed by atoms with Crippen LogP contribution in [-0.2, 0) is 4.74 Å². The highest BCUT2D eigenvalue weighted by atomic mass is 35.5. The van der Waals surface area contributed by atoms with Crippen molar-refractivity contribution >= 4 is 17.3 Å². The molecule has 0 saturated carbocycles. The van der Waals surface area contributed by atoms with Crippen LogP contribution in [0.15, 0.2) is 24.5 Å². The molecule has 0 fully saturated rings. The third kappa shape index (κ3) is 3.61. The van der Waals surface area contributed by atoms with Crippen LogP contribution in [0.1, 0.15) is 0 Å². The highest BCUT2D eigenvalue weighted by molar-refractivity contribution is 6.18. The number of anilines is 1. The van der Waals surface area contributed by atoms with Gasteiger partial charge in [0.05, 0.1) is 12.6 Å². The van der Waals surface area contributed by atoms with Crippen LogP contribution < -0.4 is 5.32 Å². The minimum Gasteiger partial charge on any atom is -0.383 e. The second kappa shape index (κ2) is 5.78. The zero-order chi connectivity index (χ0) is 9.52. The second-order valence-electron chi connectivity index (χ2n) is 2.69. The van der Waals surface area contributed by atoms with E-state index in [0.717, 1.165) is 5.69 Å². The minimum atomic E-state index is 0.147. The molecule has 1 unspecified atom stereocenters. The summed E-state index contributed by atoms with van der Waals surface area (Å²) in [5.41, 5.74) is 1.01. The summed E-state index contributed by atoms with van der Waals surface area (Å²) in [5, 5.41) is 3.23.